The highest BCUT2D eigenvalue weighted by molar-refractivity contribution is 5.64. The lowest BCUT2D eigenvalue weighted by molar-refractivity contribution is 0.370. The van der Waals surface area contributed by atoms with Gasteiger partial charge in [0.1, 0.15) is 0 Å². The van der Waals surface area contributed by atoms with Crippen molar-refractivity contribution in [2.45, 2.75) is 6.92 Å². The van der Waals surface area contributed by atoms with Gasteiger partial charge < -0.3 is 0 Å². The summed E-state index contributed by atoms with van der Waals surface area (Å²) in [6.07, 6.45) is -2.89. The van der Waals surface area contributed by atoms with Crippen molar-refractivity contribution in [1.82, 2.24) is 0 Å². The molecular weight excluding hydrogens is 227 g/mol. The summed E-state index contributed by atoms with van der Waals surface area (Å²) in [5.74, 6) is -6.31. The smallest absolute Gasteiger partial charge is 0.203 e. The lowest BCUT2D eigenvalue weighted by atomic mass is 10.1. The van der Waals surface area contributed by atoms with Gasteiger partial charge in [0.25, 0.3) is 0 Å². The fraction of sp³-hybridized carbons (Fsp3) is 0.0909. The van der Waals surface area contributed by atoms with Crippen molar-refractivity contribution in [2.75, 3.05) is 0 Å². The number of hydrogen-bond donors (Lipinski definition) is 0. The van der Waals surface area contributed by atoms with Gasteiger partial charge in [0, 0.05) is 5.56 Å². The summed E-state index contributed by atoms with van der Waals surface area (Å²) < 4.78 is 61.7. The predicted molar refractivity (Wildman–Crippen MR) is 50.7 cm³/mol. The molecule has 0 atom stereocenters. The maximum Gasteiger partial charge on any atom is 0.308 e. The molecule has 1 rings (SSSR count). The number of aryl methyl sites for hydroxylation is 1. The van der Waals surface area contributed by atoms with Gasteiger partial charge in [-0.25, -0.2) is 8.78 Å². The molecule has 0 aliphatic heterocycles. The molecule has 1 aromatic rings. The first-order valence-electron chi connectivity index (χ1n) is 4.27. The first-order chi connectivity index (χ1) is 7.43. The van der Waals surface area contributed by atoms with Crippen LogP contribution in [0.2, 0.25) is 0 Å². The molecule has 0 amide bonds. The fourth-order valence-electron chi connectivity index (χ4n) is 1.01. The molecule has 0 aliphatic rings. The molecule has 0 radical (unpaired) electrons. The van der Waals surface area contributed by atoms with E-state index < -0.39 is 23.6 Å². The second kappa shape index (κ2) is 4.92. The van der Waals surface area contributed by atoms with Crippen molar-refractivity contribution in [3.05, 3.63) is 53.1 Å². The molecule has 0 nitrogen and oxygen atoms in total. The van der Waals surface area contributed by atoms with Gasteiger partial charge in [0.15, 0.2) is 5.83 Å². The fourth-order valence-corrected chi connectivity index (χ4v) is 1.01. The highest BCUT2D eigenvalue weighted by Crippen LogP contribution is 2.29. The standard InChI is InChI=1S/C11H7F5/c1-6-2-4-7(5-3-6)8(12)9(13)10(14)11(15)16/h2-5H,1H3/b9-8+. The van der Waals surface area contributed by atoms with E-state index in [9.17, 15) is 22.0 Å². The quantitative estimate of drug-likeness (QED) is 0.514. The van der Waals surface area contributed by atoms with Crippen molar-refractivity contribution in [1.29, 1.82) is 0 Å². The largest absolute Gasteiger partial charge is 0.308 e. The zero-order chi connectivity index (χ0) is 12.3. The van der Waals surface area contributed by atoms with Gasteiger partial charge in [-0.05, 0) is 6.92 Å². The normalized spacial score (nSPS) is 12.1. The van der Waals surface area contributed by atoms with E-state index in [4.69, 9.17) is 0 Å². The van der Waals surface area contributed by atoms with E-state index >= 15 is 0 Å². The molecule has 0 saturated carbocycles. The van der Waals surface area contributed by atoms with Gasteiger partial charge in [-0.15, -0.1) is 0 Å². The van der Waals surface area contributed by atoms with Crippen LogP contribution in [-0.4, -0.2) is 0 Å². The third-order valence-corrected chi connectivity index (χ3v) is 1.86. The molecule has 0 spiro atoms. The van der Waals surface area contributed by atoms with Gasteiger partial charge in [-0.1, -0.05) is 29.8 Å². The molecule has 0 N–H and O–H groups in total. The van der Waals surface area contributed by atoms with Crippen LogP contribution in [0.4, 0.5) is 22.0 Å². The van der Waals surface area contributed by atoms with E-state index in [0.717, 1.165) is 5.56 Å². The Morgan fingerprint density at radius 2 is 1.31 bits per heavy atom. The summed E-state index contributed by atoms with van der Waals surface area (Å²) in [4.78, 5) is 0. The predicted octanol–water partition coefficient (Wildman–Crippen LogP) is 4.68. The van der Waals surface area contributed by atoms with Crippen LogP contribution in [0.3, 0.4) is 0 Å². The molecule has 0 aromatic heterocycles. The third-order valence-electron chi connectivity index (χ3n) is 1.86. The Kier molecular flexibility index (Phi) is 3.82. The second-order valence-corrected chi connectivity index (χ2v) is 3.07. The molecule has 0 bridgehead atoms. The molecule has 0 fully saturated rings. The van der Waals surface area contributed by atoms with E-state index in [1.165, 1.54) is 24.3 Å². The Morgan fingerprint density at radius 3 is 1.75 bits per heavy atom. The minimum absolute atomic E-state index is 0.292. The number of rotatable bonds is 2. The van der Waals surface area contributed by atoms with Crippen LogP contribution in [-0.2, 0) is 0 Å². The monoisotopic (exact) mass is 234 g/mol. The van der Waals surface area contributed by atoms with Gasteiger partial charge in [-0.3, -0.25) is 0 Å². The Labute approximate surface area is 88.7 Å². The van der Waals surface area contributed by atoms with E-state index in [0.29, 0.717) is 0 Å². The van der Waals surface area contributed by atoms with Crippen LogP contribution in [0.5, 0.6) is 0 Å². The van der Waals surface area contributed by atoms with E-state index in [1.807, 2.05) is 0 Å². The second-order valence-electron chi connectivity index (χ2n) is 3.07. The van der Waals surface area contributed by atoms with Crippen molar-refractivity contribution >= 4 is 5.83 Å². The SMILES string of the molecule is Cc1ccc(/C(F)=C(\F)C(F)=C(F)F)cc1. The topological polar surface area (TPSA) is 0 Å². The molecule has 86 valence electrons. The molecule has 0 heterocycles. The van der Waals surface area contributed by atoms with Crippen LogP contribution < -0.4 is 0 Å². The summed E-state index contributed by atoms with van der Waals surface area (Å²) in [5, 5.41) is 0. The molecule has 5 heteroatoms. The third kappa shape index (κ3) is 2.68. The minimum atomic E-state index is -2.89. The maximum atomic E-state index is 13.2. The first-order valence-corrected chi connectivity index (χ1v) is 4.27. The van der Waals surface area contributed by atoms with Crippen molar-refractivity contribution in [2.24, 2.45) is 0 Å². The Balaban J connectivity index is 3.19. The lowest BCUT2D eigenvalue weighted by Gasteiger charge is -2.00. The first kappa shape index (κ1) is 12.4. The molecular formula is C11H7F5. The van der Waals surface area contributed by atoms with Crippen LogP contribution in [0.25, 0.3) is 5.83 Å². The maximum absolute atomic E-state index is 13.2. The zero-order valence-corrected chi connectivity index (χ0v) is 8.20. The van der Waals surface area contributed by atoms with Gasteiger partial charge in [0.05, 0.1) is 0 Å². The summed E-state index contributed by atoms with van der Waals surface area (Å²) >= 11 is 0. The van der Waals surface area contributed by atoms with Crippen LogP contribution in [0.15, 0.2) is 42.0 Å². The van der Waals surface area contributed by atoms with E-state index in [2.05, 4.69) is 0 Å². The summed E-state index contributed by atoms with van der Waals surface area (Å²) in [5.41, 5.74) is 0.490. The Bertz CT molecular complexity index is 438. The lowest BCUT2D eigenvalue weighted by Crippen LogP contribution is -1.85. The number of hydrogen-bond acceptors (Lipinski definition) is 0. The highest BCUT2D eigenvalue weighted by Gasteiger charge is 2.18. The molecule has 0 unspecified atom stereocenters. The molecule has 1 aromatic carbocycles. The molecule has 16 heavy (non-hydrogen) atoms. The number of allylic oxidation sites excluding steroid dienone is 2. The molecule has 0 saturated heterocycles. The zero-order valence-electron chi connectivity index (χ0n) is 8.20. The van der Waals surface area contributed by atoms with Crippen molar-refractivity contribution in [3.63, 3.8) is 0 Å². The van der Waals surface area contributed by atoms with Gasteiger partial charge in [0.2, 0.25) is 11.7 Å². The summed E-state index contributed by atoms with van der Waals surface area (Å²) in [6.45, 7) is 1.71. The highest BCUT2D eigenvalue weighted by atomic mass is 19.3. The number of halogens is 5. The van der Waals surface area contributed by atoms with Crippen LogP contribution in [0.1, 0.15) is 11.1 Å². The van der Waals surface area contributed by atoms with Crippen LogP contribution >= 0.6 is 0 Å². The van der Waals surface area contributed by atoms with Crippen LogP contribution in [0, 0.1) is 6.92 Å². The average molecular weight is 234 g/mol. The molecule has 0 aliphatic carbocycles. The summed E-state index contributed by atoms with van der Waals surface area (Å²) in [6, 6.07) is 5.26. The van der Waals surface area contributed by atoms with E-state index in [1.54, 1.807) is 6.92 Å². The minimum Gasteiger partial charge on any atom is -0.203 e. The van der Waals surface area contributed by atoms with Gasteiger partial charge in [-0.2, -0.15) is 13.2 Å². The Morgan fingerprint density at radius 1 is 0.812 bits per heavy atom. The Hall–Kier alpha value is -1.65. The van der Waals surface area contributed by atoms with Crippen molar-refractivity contribution in [3.8, 4) is 0 Å². The average Bonchev–Trinajstić information content (AvgIpc) is 2.27. The van der Waals surface area contributed by atoms with Gasteiger partial charge >= 0.3 is 6.08 Å². The number of benzene rings is 1. The van der Waals surface area contributed by atoms with Crippen molar-refractivity contribution < 1.29 is 22.0 Å². The van der Waals surface area contributed by atoms with E-state index in [-0.39, 0.29) is 5.56 Å². The summed E-state index contributed by atoms with van der Waals surface area (Å²) in [7, 11) is 0.